The molecule has 6 aromatic rings. The molecule has 3 unspecified atom stereocenters. The van der Waals surface area contributed by atoms with Crippen LogP contribution in [0.4, 0.5) is 13.2 Å². The number of ether oxygens (including phenoxy) is 4. The summed E-state index contributed by atoms with van der Waals surface area (Å²) in [5.74, 6) is 2.93. The fraction of sp³-hybridized carbons (Fsp3) is 0.294. The lowest BCUT2D eigenvalue weighted by molar-refractivity contribution is -0.137. The van der Waals surface area contributed by atoms with E-state index < -0.39 is 11.7 Å². The summed E-state index contributed by atoms with van der Waals surface area (Å²) in [5.41, 5.74) is 3.89. The van der Waals surface area contributed by atoms with E-state index in [0.717, 1.165) is 73.8 Å². The zero-order valence-corrected chi connectivity index (χ0v) is 35.8. The van der Waals surface area contributed by atoms with Crippen LogP contribution in [-0.4, -0.2) is 47.9 Å². The van der Waals surface area contributed by atoms with Gasteiger partial charge in [0.1, 0.15) is 29.8 Å². The summed E-state index contributed by atoms with van der Waals surface area (Å²) in [6, 6.07) is 51.0. The van der Waals surface area contributed by atoms with Crippen LogP contribution >= 0.6 is 0 Å². The SMILES string of the molecule is CNCCC(Oc1ccc(C(F)(F)F)cc1)c1ccccc1.CNCCC(Oc1ccccc1C)c1ccccc1.CNCCC(Oc1ccccc1OC)c1ccccc1. The maximum absolute atomic E-state index is 12.6. The highest BCUT2D eigenvalue weighted by molar-refractivity contribution is 5.40. The van der Waals surface area contributed by atoms with Gasteiger partial charge < -0.3 is 34.9 Å². The lowest BCUT2D eigenvalue weighted by Crippen LogP contribution is -2.16. The van der Waals surface area contributed by atoms with Crippen molar-refractivity contribution in [2.75, 3.05) is 47.9 Å². The van der Waals surface area contributed by atoms with E-state index in [1.54, 1.807) is 7.11 Å². The topological polar surface area (TPSA) is 73.0 Å². The molecule has 0 aliphatic rings. The Labute approximate surface area is 360 Å². The van der Waals surface area contributed by atoms with Crippen molar-refractivity contribution in [2.24, 2.45) is 0 Å². The average molecular weight is 836 g/mol. The monoisotopic (exact) mass is 835 g/mol. The molecular weight excluding hydrogens is 776 g/mol. The van der Waals surface area contributed by atoms with Crippen molar-refractivity contribution >= 4 is 0 Å². The van der Waals surface area contributed by atoms with Gasteiger partial charge in [0.2, 0.25) is 0 Å². The zero-order valence-electron chi connectivity index (χ0n) is 35.8. The second-order valence-corrected chi connectivity index (χ2v) is 14.2. The van der Waals surface area contributed by atoms with E-state index in [1.165, 1.54) is 28.8 Å². The molecule has 0 fully saturated rings. The molecule has 0 bridgehead atoms. The second-order valence-electron chi connectivity index (χ2n) is 14.2. The van der Waals surface area contributed by atoms with Gasteiger partial charge in [-0.25, -0.2) is 0 Å². The fourth-order valence-corrected chi connectivity index (χ4v) is 6.31. The molecule has 0 aliphatic carbocycles. The summed E-state index contributed by atoms with van der Waals surface area (Å²) >= 11 is 0. The molecular formula is C51H60F3N3O4. The molecule has 324 valence electrons. The van der Waals surface area contributed by atoms with Gasteiger partial charge in [-0.3, -0.25) is 0 Å². The molecule has 61 heavy (non-hydrogen) atoms. The molecule has 6 aromatic carbocycles. The Balaban J connectivity index is 0.000000202. The Morgan fingerprint density at radius 1 is 0.443 bits per heavy atom. The van der Waals surface area contributed by atoms with Crippen LogP contribution in [0.15, 0.2) is 164 Å². The van der Waals surface area contributed by atoms with E-state index >= 15 is 0 Å². The van der Waals surface area contributed by atoms with Crippen molar-refractivity contribution in [1.29, 1.82) is 0 Å². The highest BCUT2D eigenvalue weighted by Gasteiger charge is 2.30. The van der Waals surface area contributed by atoms with Gasteiger partial charge in [-0.15, -0.1) is 0 Å². The van der Waals surface area contributed by atoms with Crippen LogP contribution in [0.3, 0.4) is 0 Å². The Kier molecular flexibility index (Phi) is 20.7. The van der Waals surface area contributed by atoms with E-state index in [1.807, 2.05) is 118 Å². The summed E-state index contributed by atoms with van der Waals surface area (Å²) < 4.78 is 61.3. The predicted molar refractivity (Wildman–Crippen MR) is 241 cm³/mol. The largest absolute Gasteiger partial charge is 0.493 e. The number of methoxy groups -OCH3 is 1. The molecule has 0 radical (unpaired) electrons. The van der Waals surface area contributed by atoms with E-state index in [4.69, 9.17) is 18.9 Å². The van der Waals surface area contributed by atoms with Crippen molar-refractivity contribution in [3.63, 3.8) is 0 Å². The quantitative estimate of drug-likeness (QED) is 0.0750. The maximum atomic E-state index is 12.6. The minimum atomic E-state index is -4.33. The van der Waals surface area contributed by atoms with Crippen LogP contribution in [-0.2, 0) is 6.18 Å². The predicted octanol–water partition coefficient (Wildman–Crippen LogP) is 11.6. The maximum Gasteiger partial charge on any atom is 0.416 e. The standard InChI is InChI=1S/C17H18F3NO.C17H21NO2.C17H21NO/c1-21-12-11-16(13-5-3-2-4-6-13)22-15-9-7-14(8-10-15)17(18,19)20;1-18-13-12-15(14-8-4-3-5-9-14)20-17-11-7-6-10-16(17)19-2;1-14-8-6-7-11-16(14)19-17(12-13-18-2)15-9-4-3-5-10-15/h2-10,16,21H,11-12H2,1H3;3-11,15,18H,12-13H2,1-2H3;3-11,17-18H,12-13H2,1-2H3. The number of hydrogen-bond acceptors (Lipinski definition) is 7. The van der Waals surface area contributed by atoms with Gasteiger partial charge in [-0.2, -0.15) is 13.2 Å². The summed E-state index contributed by atoms with van der Waals surface area (Å²) in [4.78, 5) is 0. The minimum absolute atomic E-state index is 0.0138. The van der Waals surface area contributed by atoms with E-state index in [-0.39, 0.29) is 18.3 Å². The summed E-state index contributed by atoms with van der Waals surface area (Å²) in [6.07, 6.45) is -1.85. The van der Waals surface area contributed by atoms with Crippen molar-refractivity contribution in [3.05, 3.63) is 192 Å². The Bertz CT molecular complexity index is 2050. The molecule has 3 N–H and O–H groups in total. The number of rotatable bonds is 19. The molecule has 0 saturated heterocycles. The van der Waals surface area contributed by atoms with Gasteiger partial charge in [0.05, 0.1) is 12.7 Å². The van der Waals surface area contributed by atoms with Crippen LogP contribution in [0.5, 0.6) is 23.0 Å². The van der Waals surface area contributed by atoms with Crippen LogP contribution in [0.25, 0.3) is 0 Å². The van der Waals surface area contributed by atoms with Gasteiger partial charge in [-0.1, -0.05) is 121 Å². The van der Waals surface area contributed by atoms with Crippen LogP contribution < -0.4 is 34.9 Å². The van der Waals surface area contributed by atoms with E-state index in [9.17, 15) is 13.2 Å². The number of alkyl halides is 3. The number of aryl methyl sites for hydroxylation is 1. The summed E-state index contributed by atoms with van der Waals surface area (Å²) in [5, 5.41) is 9.41. The molecule has 10 heteroatoms. The molecule has 7 nitrogen and oxygen atoms in total. The van der Waals surface area contributed by atoms with Crippen molar-refractivity contribution in [3.8, 4) is 23.0 Å². The van der Waals surface area contributed by atoms with Gasteiger partial charge in [0.15, 0.2) is 11.5 Å². The third kappa shape index (κ3) is 16.6. The fourth-order valence-electron chi connectivity index (χ4n) is 6.31. The molecule has 0 amide bonds. The average Bonchev–Trinajstić information content (AvgIpc) is 3.30. The zero-order chi connectivity index (χ0) is 43.7. The number of para-hydroxylation sites is 3. The minimum Gasteiger partial charge on any atom is -0.493 e. The molecule has 0 heterocycles. The third-order valence-corrected chi connectivity index (χ3v) is 9.64. The lowest BCUT2D eigenvalue weighted by Gasteiger charge is -2.21. The van der Waals surface area contributed by atoms with Gasteiger partial charge in [-0.05, 0) is 112 Å². The first-order chi connectivity index (χ1) is 29.7. The molecule has 3 atom stereocenters. The van der Waals surface area contributed by atoms with E-state index in [2.05, 4.69) is 65.3 Å². The lowest BCUT2D eigenvalue weighted by atomic mass is 10.1. The molecule has 0 aromatic heterocycles. The van der Waals surface area contributed by atoms with Crippen LogP contribution in [0.2, 0.25) is 0 Å². The highest BCUT2D eigenvalue weighted by atomic mass is 19.4. The van der Waals surface area contributed by atoms with Crippen molar-refractivity contribution in [1.82, 2.24) is 16.0 Å². The normalized spacial score (nSPS) is 12.3. The first kappa shape index (κ1) is 47.9. The highest BCUT2D eigenvalue weighted by Crippen LogP contribution is 2.33. The molecule has 6 rings (SSSR count). The first-order valence-electron chi connectivity index (χ1n) is 20.6. The Hall–Kier alpha value is -5.81. The van der Waals surface area contributed by atoms with E-state index in [0.29, 0.717) is 5.75 Å². The van der Waals surface area contributed by atoms with Crippen molar-refractivity contribution < 1.29 is 32.1 Å². The van der Waals surface area contributed by atoms with Gasteiger partial charge in [0.25, 0.3) is 0 Å². The Morgan fingerprint density at radius 2 is 0.803 bits per heavy atom. The second kappa shape index (κ2) is 26.4. The van der Waals surface area contributed by atoms with Crippen LogP contribution in [0, 0.1) is 6.92 Å². The van der Waals surface area contributed by atoms with Crippen LogP contribution in [0.1, 0.15) is 65.4 Å². The number of hydrogen-bond donors (Lipinski definition) is 3. The number of nitrogens with one attached hydrogen (secondary N) is 3. The third-order valence-electron chi connectivity index (χ3n) is 9.64. The smallest absolute Gasteiger partial charge is 0.416 e. The summed E-state index contributed by atoms with van der Waals surface area (Å²) in [6.45, 7) is 4.66. The summed E-state index contributed by atoms with van der Waals surface area (Å²) in [7, 11) is 7.43. The molecule has 0 spiro atoms. The van der Waals surface area contributed by atoms with Crippen molar-refractivity contribution in [2.45, 2.75) is 50.7 Å². The number of halogens is 3. The number of benzene rings is 6. The van der Waals surface area contributed by atoms with Gasteiger partial charge in [0, 0.05) is 19.3 Å². The molecule has 0 aliphatic heterocycles. The first-order valence-corrected chi connectivity index (χ1v) is 20.6. The Morgan fingerprint density at radius 3 is 1.20 bits per heavy atom. The molecule has 0 saturated carbocycles. The van der Waals surface area contributed by atoms with Gasteiger partial charge >= 0.3 is 6.18 Å².